The quantitative estimate of drug-likeness (QED) is 0.873. The summed E-state index contributed by atoms with van der Waals surface area (Å²) in [4.78, 5) is 12.8. The van der Waals surface area contributed by atoms with Crippen LogP contribution in [0.3, 0.4) is 0 Å². The fourth-order valence-corrected chi connectivity index (χ4v) is 3.76. The van der Waals surface area contributed by atoms with Crippen LogP contribution >= 0.6 is 22.7 Å². The molecule has 4 nitrogen and oxygen atoms in total. The Morgan fingerprint density at radius 2 is 2.32 bits per heavy atom. The van der Waals surface area contributed by atoms with E-state index in [0.29, 0.717) is 0 Å². The van der Waals surface area contributed by atoms with Crippen molar-refractivity contribution >= 4 is 22.7 Å². The molecule has 0 aromatic carbocycles. The summed E-state index contributed by atoms with van der Waals surface area (Å²) in [5.41, 5.74) is 4.21. The average Bonchev–Trinajstić information content (AvgIpc) is 3.00. The predicted molar refractivity (Wildman–Crippen MR) is 77.7 cm³/mol. The fourth-order valence-electron chi connectivity index (χ4n) is 2.30. The van der Waals surface area contributed by atoms with Crippen LogP contribution in [0.5, 0.6) is 0 Å². The summed E-state index contributed by atoms with van der Waals surface area (Å²) in [7, 11) is 0. The zero-order valence-electron chi connectivity index (χ0n) is 11.1. The first kappa shape index (κ1) is 13.2. The van der Waals surface area contributed by atoms with Crippen molar-refractivity contribution in [3.8, 4) is 0 Å². The molecule has 0 saturated carbocycles. The van der Waals surface area contributed by atoms with E-state index in [2.05, 4.69) is 34.1 Å². The number of thiazole rings is 2. The second-order valence-electron chi connectivity index (χ2n) is 4.71. The monoisotopic (exact) mass is 295 g/mol. The van der Waals surface area contributed by atoms with Gasteiger partial charge in [-0.15, -0.1) is 22.7 Å². The molecule has 19 heavy (non-hydrogen) atoms. The minimum absolute atomic E-state index is 0.278. The lowest BCUT2D eigenvalue weighted by molar-refractivity contribution is -0.0137. The van der Waals surface area contributed by atoms with Crippen molar-refractivity contribution in [2.75, 3.05) is 19.8 Å². The molecule has 0 aliphatic carbocycles. The molecule has 0 N–H and O–H groups in total. The Kier molecular flexibility index (Phi) is 3.93. The Morgan fingerprint density at radius 3 is 3.00 bits per heavy atom. The normalized spacial score (nSPS) is 20.8. The van der Waals surface area contributed by atoms with Crippen molar-refractivity contribution in [1.82, 2.24) is 14.9 Å². The molecule has 1 atom stereocenters. The van der Waals surface area contributed by atoms with Crippen LogP contribution in [0, 0.1) is 13.8 Å². The van der Waals surface area contributed by atoms with Crippen LogP contribution in [0.4, 0.5) is 0 Å². The molecular formula is C13H17N3OS2. The molecule has 2 aromatic rings. The van der Waals surface area contributed by atoms with Gasteiger partial charge in [0.15, 0.2) is 0 Å². The van der Waals surface area contributed by atoms with Crippen LogP contribution in [-0.2, 0) is 11.3 Å². The second-order valence-corrected chi connectivity index (χ2v) is 6.72. The third-order valence-electron chi connectivity index (χ3n) is 3.41. The highest BCUT2D eigenvalue weighted by molar-refractivity contribution is 7.09. The van der Waals surface area contributed by atoms with Crippen LogP contribution in [0.15, 0.2) is 10.9 Å². The topological polar surface area (TPSA) is 38.2 Å². The highest BCUT2D eigenvalue weighted by Gasteiger charge is 2.27. The van der Waals surface area contributed by atoms with Crippen LogP contribution in [0.25, 0.3) is 0 Å². The number of aryl methyl sites for hydroxylation is 2. The first-order valence-corrected chi connectivity index (χ1v) is 8.13. The molecule has 102 valence electrons. The average molecular weight is 295 g/mol. The first-order chi connectivity index (χ1) is 9.24. The molecule has 3 rings (SSSR count). The van der Waals surface area contributed by atoms with Gasteiger partial charge in [0.1, 0.15) is 0 Å². The molecular weight excluding hydrogens is 278 g/mol. The van der Waals surface area contributed by atoms with Gasteiger partial charge in [-0.05, 0) is 13.8 Å². The maximum atomic E-state index is 5.64. The largest absolute Gasteiger partial charge is 0.378 e. The Balaban J connectivity index is 1.79. The van der Waals surface area contributed by atoms with Gasteiger partial charge in [0.25, 0.3) is 0 Å². The Morgan fingerprint density at radius 1 is 1.42 bits per heavy atom. The molecule has 0 radical (unpaired) electrons. The number of morpholine rings is 1. The van der Waals surface area contributed by atoms with Crippen LogP contribution in [0.1, 0.15) is 27.3 Å². The summed E-state index contributed by atoms with van der Waals surface area (Å²) in [6.45, 7) is 7.57. The van der Waals surface area contributed by atoms with E-state index in [1.54, 1.807) is 22.7 Å². The Hall–Kier alpha value is -0.820. The van der Waals surface area contributed by atoms with Crippen LogP contribution < -0.4 is 0 Å². The smallest absolute Gasteiger partial charge is 0.0898 e. The third-order valence-corrected chi connectivity index (χ3v) is 5.12. The summed E-state index contributed by atoms with van der Waals surface area (Å²) < 4.78 is 5.64. The minimum atomic E-state index is 0.278. The van der Waals surface area contributed by atoms with Gasteiger partial charge in [0.2, 0.25) is 0 Å². The lowest BCUT2D eigenvalue weighted by Gasteiger charge is -2.34. The fraction of sp³-hybridized carbons (Fsp3) is 0.538. The number of hydrogen-bond acceptors (Lipinski definition) is 6. The summed E-state index contributed by atoms with van der Waals surface area (Å²) in [6.07, 6.45) is 0. The van der Waals surface area contributed by atoms with Crippen LogP contribution in [-0.4, -0.2) is 34.6 Å². The predicted octanol–water partition coefficient (Wildman–Crippen LogP) is 2.79. The third kappa shape index (κ3) is 2.86. The minimum Gasteiger partial charge on any atom is -0.378 e. The molecule has 1 aliphatic heterocycles. The number of nitrogens with zero attached hydrogens (tertiary/aromatic N) is 3. The van der Waals surface area contributed by atoms with Crippen molar-refractivity contribution in [3.05, 3.63) is 32.2 Å². The van der Waals surface area contributed by atoms with Crippen molar-refractivity contribution < 1.29 is 4.74 Å². The van der Waals surface area contributed by atoms with Gasteiger partial charge in [-0.1, -0.05) is 0 Å². The molecule has 0 bridgehead atoms. The Labute approximate surface area is 121 Å². The first-order valence-electron chi connectivity index (χ1n) is 6.37. The van der Waals surface area contributed by atoms with Gasteiger partial charge in [-0.3, -0.25) is 4.90 Å². The summed E-state index contributed by atoms with van der Waals surface area (Å²) in [5.74, 6) is 0. The van der Waals surface area contributed by atoms with Gasteiger partial charge < -0.3 is 4.74 Å². The molecule has 0 amide bonds. The molecule has 1 aliphatic rings. The van der Waals surface area contributed by atoms with Gasteiger partial charge in [-0.25, -0.2) is 9.97 Å². The maximum Gasteiger partial charge on any atom is 0.0898 e. The molecule has 0 unspecified atom stereocenters. The van der Waals surface area contributed by atoms with E-state index < -0.39 is 0 Å². The lowest BCUT2D eigenvalue weighted by Crippen LogP contribution is -2.39. The van der Waals surface area contributed by atoms with Gasteiger partial charge in [0, 0.05) is 23.3 Å². The van der Waals surface area contributed by atoms with E-state index in [0.717, 1.165) is 42.7 Å². The van der Waals surface area contributed by atoms with Crippen molar-refractivity contribution in [3.63, 3.8) is 0 Å². The van der Waals surface area contributed by atoms with Gasteiger partial charge in [-0.2, -0.15) is 0 Å². The zero-order chi connectivity index (χ0) is 13.2. The summed E-state index contributed by atoms with van der Waals surface area (Å²) in [6, 6.07) is 0.278. The molecule has 6 heteroatoms. The number of hydrogen-bond donors (Lipinski definition) is 0. The Bertz CT molecular complexity index is 552. The lowest BCUT2D eigenvalue weighted by atomic mass is 10.1. The second kappa shape index (κ2) is 5.66. The van der Waals surface area contributed by atoms with E-state index >= 15 is 0 Å². The number of aromatic nitrogens is 2. The molecule has 1 saturated heterocycles. The van der Waals surface area contributed by atoms with Crippen molar-refractivity contribution in [2.24, 2.45) is 0 Å². The van der Waals surface area contributed by atoms with Crippen molar-refractivity contribution in [1.29, 1.82) is 0 Å². The van der Waals surface area contributed by atoms with E-state index in [1.807, 2.05) is 5.51 Å². The SMILES string of the molecule is Cc1nc([C@H]2COCCN2Cc2scnc2C)cs1. The zero-order valence-corrected chi connectivity index (χ0v) is 12.8. The van der Waals surface area contributed by atoms with Gasteiger partial charge >= 0.3 is 0 Å². The highest BCUT2D eigenvalue weighted by atomic mass is 32.1. The van der Waals surface area contributed by atoms with Crippen LogP contribution in [0.2, 0.25) is 0 Å². The summed E-state index contributed by atoms with van der Waals surface area (Å²) >= 11 is 3.44. The number of rotatable bonds is 3. The highest BCUT2D eigenvalue weighted by Crippen LogP contribution is 2.28. The molecule has 2 aromatic heterocycles. The maximum absolute atomic E-state index is 5.64. The van der Waals surface area contributed by atoms with E-state index in [-0.39, 0.29) is 6.04 Å². The standard InChI is InChI=1S/C13H17N3OS2/c1-9-13(19-8-14-9)5-16-3-4-17-6-12(16)11-7-18-10(2)15-11/h7-8,12H,3-6H2,1-2H3/t12-/m1/s1. The van der Waals surface area contributed by atoms with Gasteiger partial charge in [0.05, 0.1) is 41.2 Å². The molecule has 3 heterocycles. The van der Waals surface area contributed by atoms with E-state index in [4.69, 9.17) is 4.74 Å². The van der Waals surface area contributed by atoms with E-state index in [9.17, 15) is 0 Å². The van der Waals surface area contributed by atoms with Crippen molar-refractivity contribution in [2.45, 2.75) is 26.4 Å². The molecule has 1 fully saturated rings. The van der Waals surface area contributed by atoms with E-state index in [1.165, 1.54) is 4.88 Å². The number of ether oxygens (including phenoxy) is 1. The summed E-state index contributed by atoms with van der Waals surface area (Å²) in [5, 5.41) is 3.27. The molecule has 0 spiro atoms.